The average Bonchev–Trinajstić information content (AvgIpc) is 2.19. The molecule has 82 valence electrons. The number of hydrogen-bond acceptors (Lipinski definition) is 2. The van der Waals surface area contributed by atoms with Crippen molar-refractivity contribution in [3.8, 4) is 5.75 Å². The molecule has 0 radical (unpaired) electrons. The molecule has 2 atom stereocenters. The summed E-state index contributed by atoms with van der Waals surface area (Å²) in [6.07, 6.45) is 1.37. The molecule has 0 amide bonds. The van der Waals surface area contributed by atoms with E-state index in [1.54, 1.807) is 0 Å². The van der Waals surface area contributed by atoms with Crippen LogP contribution in [0.25, 0.3) is 0 Å². The molecule has 1 aliphatic rings. The molecule has 2 nitrogen and oxygen atoms in total. The summed E-state index contributed by atoms with van der Waals surface area (Å²) in [7, 11) is 0. The first-order valence-corrected chi connectivity index (χ1v) is 5.71. The SMILES string of the molecule is CCNC1CC(C)Oc2ccc(C)cc21. The van der Waals surface area contributed by atoms with Gasteiger partial charge in [0.1, 0.15) is 5.75 Å². The van der Waals surface area contributed by atoms with Gasteiger partial charge in [0.2, 0.25) is 0 Å². The summed E-state index contributed by atoms with van der Waals surface area (Å²) >= 11 is 0. The van der Waals surface area contributed by atoms with Crippen LogP contribution in [0, 0.1) is 6.92 Å². The molecule has 15 heavy (non-hydrogen) atoms. The van der Waals surface area contributed by atoms with Gasteiger partial charge in [-0.3, -0.25) is 0 Å². The van der Waals surface area contributed by atoms with Crippen molar-refractivity contribution in [1.82, 2.24) is 5.32 Å². The minimum absolute atomic E-state index is 0.309. The van der Waals surface area contributed by atoms with Crippen molar-refractivity contribution in [2.45, 2.75) is 39.3 Å². The maximum atomic E-state index is 5.82. The second-order valence-electron chi connectivity index (χ2n) is 4.32. The van der Waals surface area contributed by atoms with Crippen LogP contribution >= 0.6 is 0 Å². The van der Waals surface area contributed by atoms with Gasteiger partial charge in [-0.15, -0.1) is 0 Å². The maximum Gasteiger partial charge on any atom is 0.124 e. The average molecular weight is 205 g/mol. The fraction of sp³-hybridized carbons (Fsp3) is 0.538. The maximum absolute atomic E-state index is 5.82. The lowest BCUT2D eigenvalue weighted by molar-refractivity contribution is 0.167. The van der Waals surface area contributed by atoms with Crippen molar-refractivity contribution in [1.29, 1.82) is 0 Å². The van der Waals surface area contributed by atoms with Crippen LogP contribution in [0.3, 0.4) is 0 Å². The minimum Gasteiger partial charge on any atom is -0.490 e. The van der Waals surface area contributed by atoms with Crippen LogP contribution in [0.2, 0.25) is 0 Å². The molecule has 1 aromatic carbocycles. The van der Waals surface area contributed by atoms with Crippen molar-refractivity contribution in [3.05, 3.63) is 29.3 Å². The molecule has 2 unspecified atom stereocenters. The number of aryl methyl sites for hydroxylation is 1. The number of benzene rings is 1. The van der Waals surface area contributed by atoms with Crippen molar-refractivity contribution in [2.24, 2.45) is 0 Å². The Bertz CT molecular complexity index is 348. The molecule has 1 aromatic rings. The molecule has 0 aliphatic carbocycles. The zero-order valence-electron chi connectivity index (χ0n) is 9.71. The molecule has 1 aliphatic heterocycles. The monoisotopic (exact) mass is 205 g/mol. The molecule has 2 rings (SSSR count). The van der Waals surface area contributed by atoms with E-state index in [2.05, 4.69) is 44.3 Å². The van der Waals surface area contributed by atoms with Gasteiger partial charge >= 0.3 is 0 Å². The van der Waals surface area contributed by atoms with Crippen molar-refractivity contribution in [3.63, 3.8) is 0 Å². The Morgan fingerprint density at radius 2 is 2.27 bits per heavy atom. The summed E-state index contributed by atoms with van der Waals surface area (Å²) < 4.78 is 5.82. The molecule has 0 saturated carbocycles. The smallest absolute Gasteiger partial charge is 0.124 e. The molecule has 0 saturated heterocycles. The highest BCUT2D eigenvalue weighted by atomic mass is 16.5. The molecule has 0 bridgehead atoms. The van der Waals surface area contributed by atoms with Gasteiger partial charge in [0.25, 0.3) is 0 Å². The van der Waals surface area contributed by atoms with E-state index in [4.69, 9.17) is 4.74 Å². The minimum atomic E-state index is 0.309. The van der Waals surface area contributed by atoms with Gasteiger partial charge in [0, 0.05) is 18.0 Å². The number of fused-ring (bicyclic) bond motifs is 1. The Labute approximate surface area is 91.6 Å². The van der Waals surface area contributed by atoms with E-state index in [0.717, 1.165) is 18.7 Å². The Balaban J connectivity index is 2.34. The van der Waals surface area contributed by atoms with E-state index in [-0.39, 0.29) is 0 Å². The van der Waals surface area contributed by atoms with E-state index in [1.165, 1.54) is 11.1 Å². The van der Waals surface area contributed by atoms with Gasteiger partial charge in [0.15, 0.2) is 0 Å². The van der Waals surface area contributed by atoms with Crippen molar-refractivity contribution >= 4 is 0 Å². The summed E-state index contributed by atoms with van der Waals surface area (Å²) in [5, 5.41) is 3.52. The summed E-state index contributed by atoms with van der Waals surface area (Å²) in [4.78, 5) is 0. The summed E-state index contributed by atoms with van der Waals surface area (Å²) in [6, 6.07) is 6.88. The Morgan fingerprint density at radius 3 is 3.00 bits per heavy atom. The lowest BCUT2D eigenvalue weighted by Gasteiger charge is -2.31. The largest absolute Gasteiger partial charge is 0.490 e. The van der Waals surface area contributed by atoms with Crippen LogP contribution in [0.15, 0.2) is 18.2 Å². The highest BCUT2D eigenvalue weighted by molar-refractivity contribution is 5.40. The molecule has 0 spiro atoms. The van der Waals surface area contributed by atoms with Crippen LogP contribution in [0.1, 0.15) is 37.4 Å². The summed E-state index contributed by atoms with van der Waals surface area (Å²) in [6.45, 7) is 7.41. The van der Waals surface area contributed by atoms with Gasteiger partial charge < -0.3 is 10.1 Å². The van der Waals surface area contributed by atoms with E-state index >= 15 is 0 Å². The van der Waals surface area contributed by atoms with E-state index in [1.807, 2.05) is 0 Å². The summed E-state index contributed by atoms with van der Waals surface area (Å²) in [5.41, 5.74) is 2.62. The first kappa shape index (κ1) is 10.5. The van der Waals surface area contributed by atoms with Crippen LogP contribution in [-0.2, 0) is 0 Å². The van der Waals surface area contributed by atoms with Crippen LogP contribution in [0.5, 0.6) is 5.75 Å². The molecule has 1 N–H and O–H groups in total. The molecular formula is C13H19NO. The Hall–Kier alpha value is -1.02. The molecular weight excluding hydrogens is 186 g/mol. The van der Waals surface area contributed by atoms with Crippen LogP contribution < -0.4 is 10.1 Å². The van der Waals surface area contributed by atoms with Gasteiger partial charge in [-0.1, -0.05) is 24.6 Å². The van der Waals surface area contributed by atoms with Gasteiger partial charge in [-0.2, -0.15) is 0 Å². The lowest BCUT2D eigenvalue weighted by Crippen LogP contribution is -2.31. The zero-order chi connectivity index (χ0) is 10.8. The molecule has 1 heterocycles. The van der Waals surface area contributed by atoms with Crippen molar-refractivity contribution < 1.29 is 4.74 Å². The molecule has 0 aromatic heterocycles. The summed E-state index contributed by atoms with van der Waals surface area (Å²) in [5.74, 6) is 1.05. The number of hydrogen-bond donors (Lipinski definition) is 1. The Kier molecular flexibility index (Phi) is 2.96. The number of nitrogens with one attached hydrogen (secondary N) is 1. The highest BCUT2D eigenvalue weighted by Crippen LogP contribution is 2.35. The second-order valence-corrected chi connectivity index (χ2v) is 4.32. The first-order chi connectivity index (χ1) is 7.20. The standard InChI is InChI=1S/C13H19NO/c1-4-14-12-8-10(3)15-13-6-5-9(2)7-11(12)13/h5-7,10,12,14H,4,8H2,1-3H3. The predicted octanol–water partition coefficient (Wildman–Crippen LogP) is 2.82. The second kappa shape index (κ2) is 4.23. The lowest BCUT2D eigenvalue weighted by atomic mass is 9.95. The topological polar surface area (TPSA) is 21.3 Å². The fourth-order valence-corrected chi connectivity index (χ4v) is 2.21. The number of rotatable bonds is 2. The van der Waals surface area contributed by atoms with E-state index in [0.29, 0.717) is 12.1 Å². The van der Waals surface area contributed by atoms with Crippen molar-refractivity contribution in [2.75, 3.05) is 6.54 Å². The molecule has 0 fully saturated rings. The van der Waals surface area contributed by atoms with Crippen LogP contribution in [0.4, 0.5) is 0 Å². The van der Waals surface area contributed by atoms with Gasteiger partial charge in [-0.05, 0) is 26.5 Å². The fourth-order valence-electron chi connectivity index (χ4n) is 2.21. The van der Waals surface area contributed by atoms with E-state index in [9.17, 15) is 0 Å². The third-order valence-corrected chi connectivity index (χ3v) is 2.89. The third kappa shape index (κ3) is 2.15. The normalized spacial score (nSPS) is 24.5. The number of ether oxygens (including phenoxy) is 1. The zero-order valence-corrected chi connectivity index (χ0v) is 9.71. The first-order valence-electron chi connectivity index (χ1n) is 5.71. The van der Waals surface area contributed by atoms with E-state index < -0.39 is 0 Å². The molecule has 2 heteroatoms. The quantitative estimate of drug-likeness (QED) is 0.801. The Morgan fingerprint density at radius 1 is 1.47 bits per heavy atom. The predicted molar refractivity (Wildman–Crippen MR) is 62.3 cm³/mol. The van der Waals surface area contributed by atoms with Gasteiger partial charge in [0.05, 0.1) is 6.10 Å². The van der Waals surface area contributed by atoms with Gasteiger partial charge in [-0.25, -0.2) is 0 Å². The van der Waals surface area contributed by atoms with Crippen LogP contribution in [-0.4, -0.2) is 12.6 Å². The third-order valence-electron chi connectivity index (χ3n) is 2.89. The highest BCUT2D eigenvalue weighted by Gasteiger charge is 2.24.